The second-order valence-electron chi connectivity index (χ2n) is 2.96. The molecule has 0 radical (unpaired) electrons. The van der Waals surface area contributed by atoms with Crippen LogP contribution in [0.4, 0.5) is 0 Å². The van der Waals surface area contributed by atoms with Crippen LogP contribution in [-0.4, -0.2) is 65.6 Å². The zero-order chi connectivity index (χ0) is 10.9. The van der Waals surface area contributed by atoms with Crippen LogP contribution in [0.15, 0.2) is 0 Å². The van der Waals surface area contributed by atoms with Gasteiger partial charge in [-0.3, -0.25) is 4.21 Å². The molecule has 0 aromatic rings. The molecule has 1 aliphatic rings. The maximum atomic E-state index is 10.5. The van der Waals surface area contributed by atoms with Gasteiger partial charge in [0.05, 0.1) is 6.61 Å². The van der Waals surface area contributed by atoms with Crippen LogP contribution in [0.5, 0.6) is 0 Å². The molecule has 6 atom stereocenters. The SMILES string of the molecule is O=S([O-])C1O[C@H](CO)[C@@H](O)[C@H](O)[C@H]1O.[Na+]. The van der Waals surface area contributed by atoms with E-state index in [0.29, 0.717) is 0 Å². The van der Waals surface area contributed by atoms with Crippen molar-refractivity contribution in [1.29, 1.82) is 0 Å². The molecular formula is C6H11NaO7S. The molecule has 1 fully saturated rings. The van der Waals surface area contributed by atoms with Crippen LogP contribution in [0.1, 0.15) is 0 Å². The van der Waals surface area contributed by atoms with Gasteiger partial charge in [-0.15, -0.1) is 0 Å². The van der Waals surface area contributed by atoms with Crippen LogP contribution in [-0.2, 0) is 15.8 Å². The molecule has 0 aromatic carbocycles. The van der Waals surface area contributed by atoms with Gasteiger partial charge in [0.2, 0.25) is 0 Å². The molecule has 0 bridgehead atoms. The summed E-state index contributed by atoms with van der Waals surface area (Å²) in [7, 11) is 0. The van der Waals surface area contributed by atoms with Crippen LogP contribution in [0.2, 0.25) is 0 Å². The summed E-state index contributed by atoms with van der Waals surface area (Å²) in [5.41, 5.74) is -1.63. The third kappa shape index (κ3) is 3.43. The predicted molar refractivity (Wildman–Crippen MR) is 42.7 cm³/mol. The average molecular weight is 250 g/mol. The van der Waals surface area contributed by atoms with E-state index in [2.05, 4.69) is 4.74 Å². The monoisotopic (exact) mass is 250 g/mol. The van der Waals surface area contributed by atoms with Crippen LogP contribution in [0.3, 0.4) is 0 Å². The Morgan fingerprint density at radius 3 is 2.13 bits per heavy atom. The fourth-order valence-electron chi connectivity index (χ4n) is 1.23. The Morgan fingerprint density at radius 2 is 1.73 bits per heavy atom. The van der Waals surface area contributed by atoms with Crippen molar-refractivity contribution in [3.63, 3.8) is 0 Å². The molecule has 2 unspecified atom stereocenters. The van der Waals surface area contributed by atoms with Gasteiger partial charge >= 0.3 is 29.6 Å². The van der Waals surface area contributed by atoms with Gasteiger partial charge in [0.25, 0.3) is 0 Å². The van der Waals surface area contributed by atoms with Crippen molar-refractivity contribution in [3.8, 4) is 0 Å². The normalized spacial score (nSPS) is 43.1. The number of hydrogen-bond acceptors (Lipinski definition) is 7. The third-order valence-corrected chi connectivity index (χ3v) is 2.81. The van der Waals surface area contributed by atoms with E-state index in [1.165, 1.54) is 0 Å². The Balaban J connectivity index is 0.00000196. The molecule has 84 valence electrons. The Labute approximate surface area is 111 Å². The molecule has 1 aliphatic heterocycles. The quantitative estimate of drug-likeness (QED) is 0.283. The number of aliphatic hydroxyl groups is 4. The first-order chi connectivity index (χ1) is 6.49. The van der Waals surface area contributed by atoms with Crippen molar-refractivity contribution >= 4 is 11.1 Å². The largest absolute Gasteiger partial charge is 1.00 e. The van der Waals surface area contributed by atoms with Gasteiger partial charge in [0, 0.05) is 0 Å². The summed E-state index contributed by atoms with van der Waals surface area (Å²) in [5.74, 6) is 0. The molecule has 0 aliphatic carbocycles. The van der Waals surface area contributed by atoms with Gasteiger partial charge < -0.3 is 29.7 Å². The van der Waals surface area contributed by atoms with Gasteiger partial charge in [-0.25, -0.2) is 0 Å². The van der Waals surface area contributed by atoms with E-state index in [0.717, 1.165) is 0 Å². The standard InChI is InChI=1S/C6H12O7S.Na/c7-1-2-3(8)4(9)5(10)6(13-2)14(11)12;/h2-10H,1H2,(H,11,12);/q;+1/p-1/t2-,3-,4+,5-,6?;/m1./s1. The number of aliphatic hydroxyl groups excluding tert-OH is 4. The molecule has 7 nitrogen and oxygen atoms in total. The van der Waals surface area contributed by atoms with Crippen LogP contribution < -0.4 is 29.6 Å². The van der Waals surface area contributed by atoms with Crippen molar-refractivity contribution in [1.82, 2.24) is 0 Å². The van der Waals surface area contributed by atoms with Gasteiger partial charge in [0.15, 0.2) is 0 Å². The third-order valence-electron chi connectivity index (χ3n) is 2.04. The molecule has 1 rings (SSSR count). The maximum absolute atomic E-state index is 10.5. The second-order valence-corrected chi connectivity index (χ2v) is 3.94. The number of rotatable bonds is 2. The van der Waals surface area contributed by atoms with E-state index in [-0.39, 0.29) is 29.6 Å². The Morgan fingerprint density at radius 1 is 1.20 bits per heavy atom. The zero-order valence-corrected chi connectivity index (χ0v) is 10.8. The smallest absolute Gasteiger partial charge is 0.770 e. The van der Waals surface area contributed by atoms with E-state index in [9.17, 15) is 24.1 Å². The summed E-state index contributed by atoms with van der Waals surface area (Å²) < 4.78 is 25.7. The van der Waals surface area contributed by atoms with Crippen molar-refractivity contribution in [2.45, 2.75) is 29.9 Å². The van der Waals surface area contributed by atoms with Crippen molar-refractivity contribution < 1.29 is 63.5 Å². The minimum absolute atomic E-state index is 0. The van der Waals surface area contributed by atoms with E-state index in [4.69, 9.17) is 5.11 Å². The Hall–Kier alpha value is 0.910. The van der Waals surface area contributed by atoms with Crippen molar-refractivity contribution in [2.75, 3.05) is 6.61 Å². The summed E-state index contributed by atoms with van der Waals surface area (Å²) in [6.45, 7) is -0.640. The molecule has 4 N–H and O–H groups in total. The second kappa shape index (κ2) is 6.60. The molecule has 15 heavy (non-hydrogen) atoms. The minimum atomic E-state index is -2.74. The van der Waals surface area contributed by atoms with Crippen LogP contribution >= 0.6 is 0 Å². The fraction of sp³-hybridized carbons (Fsp3) is 1.00. The van der Waals surface area contributed by atoms with E-state index in [1.807, 2.05) is 0 Å². The summed E-state index contributed by atoms with van der Waals surface area (Å²) >= 11 is -2.74. The molecule has 0 saturated carbocycles. The van der Waals surface area contributed by atoms with Gasteiger partial charge in [0.1, 0.15) is 29.9 Å². The van der Waals surface area contributed by atoms with Crippen LogP contribution in [0.25, 0.3) is 0 Å². The van der Waals surface area contributed by atoms with Crippen LogP contribution in [0, 0.1) is 0 Å². The summed E-state index contributed by atoms with van der Waals surface area (Å²) in [4.78, 5) is 0. The predicted octanol–water partition coefficient (Wildman–Crippen LogP) is -6.33. The van der Waals surface area contributed by atoms with Gasteiger partial charge in [-0.1, -0.05) is 0 Å². The number of ether oxygens (including phenoxy) is 1. The maximum Gasteiger partial charge on any atom is 1.00 e. The Kier molecular flexibility index (Phi) is 7.00. The Bertz CT molecular complexity index is 226. The summed E-state index contributed by atoms with van der Waals surface area (Å²) in [6, 6.07) is 0. The molecule has 0 aromatic heterocycles. The van der Waals surface area contributed by atoms with Gasteiger partial charge in [-0.2, -0.15) is 0 Å². The number of hydrogen-bond donors (Lipinski definition) is 4. The first-order valence-corrected chi connectivity index (χ1v) is 5.01. The molecule has 0 amide bonds. The fourth-order valence-corrected chi connectivity index (χ4v) is 1.85. The molecule has 9 heteroatoms. The summed E-state index contributed by atoms with van der Waals surface area (Å²) in [5, 5.41) is 36.3. The first kappa shape index (κ1) is 15.9. The van der Waals surface area contributed by atoms with E-state index >= 15 is 0 Å². The summed E-state index contributed by atoms with van der Waals surface area (Å²) in [6.07, 6.45) is -6.08. The minimum Gasteiger partial charge on any atom is -0.770 e. The van der Waals surface area contributed by atoms with Crippen molar-refractivity contribution in [2.24, 2.45) is 0 Å². The van der Waals surface area contributed by atoms with Crippen molar-refractivity contribution in [3.05, 3.63) is 0 Å². The molecule has 1 saturated heterocycles. The molecule has 1 heterocycles. The topological polar surface area (TPSA) is 130 Å². The first-order valence-electron chi connectivity index (χ1n) is 3.87. The van der Waals surface area contributed by atoms with Gasteiger partial charge in [-0.05, 0) is 11.1 Å². The molecule has 0 spiro atoms. The molecular weight excluding hydrogens is 239 g/mol. The van der Waals surface area contributed by atoms with E-state index < -0.39 is 47.5 Å². The zero-order valence-electron chi connectivity index (χ0n) is 8.02. The average Bonchev–Trinajstić information content (AvgIpc) is 2.14. The van der Waals surface area contributed by atoms with E-state index in [1.54, 1.807) is 0 Å².